The van der Waals surface area contributed by atoms with Crippen LogP contribution in [0, 0.1) is 0 Å². The van der Waals surface area contributed by atoms with Crippen molar-refractivity contribution in [2.75, 3.05) is 52.9 Å². The predicted octanol–water partition coefficient (Wildman–Crippen LogP) is 2.18. The van der Waals surface area contributed by atoms with Crippen LogP contribution in [-0.2, 0) is 20.8 Å². The van der Waals surface area contributed by atoms with Crippen molar-refractivity contribution in [1.29, 1.82) is 0 Å². The third-order valence-electron chi connectivity index (χ3n) is 2.58. The van der Waals surface area contributed by atoms with Crippen molar-refractivity contribution in [2.24, 2.45) is 0 Å². The van der Waals surface area contributed by atoms with Crippen LogP contribution in [0.2, 0.25) is 0 Å². The van der Waals surface area contributed by atoms with Gasteiger partial charge in [0.25, 0.3) is 0 Å². The topological polar surface area (TPSA) is 39.7 Å². The van der Waals surface area contributed by atoms with E-state index in [-0.39, 0.29) is 0 Å². The molecule has 0 amide bonds. The minimum Gasteiger partial charge on any atom is -0.382 e. The Hall–Kier alpha value is -0.590. The van der Waals surface area contributed by atoms with Crippen LogP contribution in [0.3, 0.4) is 0 Å². The molecular formula is C15H25NO3S. The summed E-state index contributed by atoms with van der Waals surface area (Å²) in [6.07, 6.45) is 0. The fourth-order valence-corrected chi connectivity index (χ4v) is 2.48. The highest BCUT2D eigenvalue weighted by Crippen LogP contribution is 2.18. The molecule has 4 nitrogen and oxygen atoms in total. The van der Waals surface area contributed by atoms with Crippen LogP contribution < -0.4 is 5.32 Å². The van der Waals surface area contributed by atoms with Gasteiger partial charge in [0.1, 0.15) is 0 Å². The Morgan fingerprint density at radius 1 is 1.05 bits per heavy atom. The van der Waals surface area contributed by atoms with Gasteiger partial charge in [0, 0.05) is 24.3 Å². The molecule has 0 fully saturated rings. The highest BCUT2D eigenvalue weighted by molar-refractivity contribution is 7.99. The smallest absolute Gasteiger partial charge is 0.0701 e. The van der Waals surface area contributed by atoms with E-state index in [0.29, 0.717) is 26.4 Å². The molecule has 0 radical (unpaired) electrons. The molecule has 0 aliphatic heterocycles. The molecule has 1 aromatic rings. The zero-order valence-corrected chi connectivity index (χ0v) is 13.2. The van der Waals surface area contributed by atoms with Gasteiger partial charge in [-0.1, -0.05) is 12.1 Å². The zero-order valence-electron chi connectivity index (χ0n) is 12.4. The van der Waals surface area contributed by atoms with Gasteiger partial charge in [-0.2, -0.15) is 0 Å². The molecule has 0 aliphatic rings. The lowest BCUT2D eigenvalue weighted by Crippen LogP contribution is -2.09. The first kappa shape index (κ1) is 17.5. The number of ether oxygens (including phenoxy) is 3. The Bertz CT molecular complexity index is 350. The molecule has 1 rings (SSSR count). The SMILES string of the molecule is CNCc1cccc(SCCOCCOCCOC)c1. The Morgan fingerprint density at radius 2 is 1.80 bits per heavy atom. The van der Waals surface area contributed by atoms with Crippen molar-refractivity contribution < 1.29 is 14.2 Å². The quantitative estimate of drug-likeness (QED) is 0.473. The second kappa shape index (κ2) is 12.2. The average Bonchev–Trinajstić information content (AvgIpc) is 2.46. The van der Waals surface area contributed by atoms with Crippen LogP contribution in [0.15, 0.2) is 29.2 Å². The molecule has 0 unspecified atom stereocenters. The lowest BCUT2D eigenvalue weighted by molar-refractivity contribution is 0.0286. The molecule has 0 bridgehead atoms. The third-order valence-corrected chi connectivity index (χ3v) is 3.54. The highest BCUT2D eigenvalue weighted by atomic mass is 32.2. The van der Waals surface area contributed by atoms with Gasteiger partial charge in [0.2, 0.25) is 0 Å². The number of nitrogens with one attached hydrogen (secondary N) is 1. The summed E-state index contributed by atoms with van der Waals surface area (Å²) in [4.78, 5) is 1.29. The van der Waals surface area contributed by atoms with E-state index in [0.717, 1.165) is 18.9 Å². The molecule has 0 atom stereocenters. The van der Waals surface area contributed by atoms with Gasteiger partial charge in [-0.25, -0.2) is 0 Å². The molecule has 5 heteroatoms. The normalized spacial score (nSPS) is 10.9. The maximum Gasteiger partial charge on any atom is 0.0701 e. The number of hydrogen-bond donors (Lipinski definition) is 1. The van der Waals surface area contributed by atoms with E-state index in [9.17, 15) is 0 Å². The van der Waals surface area contributed by atoms with E-state index >= 15 is 0 Å². The van der Waals surface area contributed by atoms with Crippen LogP contribution in [0.1, 0.15) is 5.56 Å². The van der Waals surface area contributed by atoms with Gasteiger partial charge in [0.05, 0.1) is 33.0 Å². The van der Waals surface area contributed by atoms with Crippen molar-refractivity contribution in [3.8, 4) is 0 Å². The Morgan fingerprint density at radius 3 is 2.55 bits per heavy atom. The first-order valence-corrected chi connectivity index (χ1v) is 7.86. The Kier molecular flexibility index (Phi) is 10.6. The van der Waals surface area contributed by atoms with Crippen LogP contribution in [0.4, 0.5) is 0 Å². The van der Waals surface area contributed by atoms with Gasteiger partial charge in [-0.05, 0) is 24.7 Å². The summed E-state index contributed by atoms with van der Waals surface area (Å²) >= 11 is 1.82. The summed E-state index contributed by atoms with van der Waals surface area (Å²) in [5.41, 5.74) is 1.31. The number of benzene rings is 1. The van der Waals surface area contributed by atoms with Gasteiger partial charge < -0.3 is 19.5 Å². The summed E-state index contributed by atoms with van der Waals surface area (Å²) in [6, 6.07) is 8.58. The lowest BCUT2D eigenvalue weighted by Gasteiger charge is -2.06. The lowest BCUT2D eigenvalue weighted by atomic mass is 10.2. The van der Waals surface area contributed by atoms with Crippen LogP contribution >= 0.6 is 11.8 Å². The number of methoxy groups -OCH3 is 1. The van der Waals surface area contributed by atoms with Crippen LogP contribution in [0.5, 0.6) is 0 Å². The van der Waals surface area contributed by atoms with E-state index in [4.69, 9.17) is 14.2 Å². The molecule has 0 saturated heterocycles. The first-order valence-electron chi connectivity index (χ1n) is 6.87. The van der Waals surface area contributed by atoms with E-state index < -0.39 is 0 Å². The highest BCUT2D eigenvalue weighted by Gasteiger charge is 1.97. The molecule has 1 N–H and O–H groups in total. The van der Waals surface area contributed by atoms with Crippen LogP contribution in [0.25, 0.3) is 0 Å². The number of thioether (sulfide) groups is 1. The molecule has 0 heterocycles. The molecular weight excluding hydrogens is 274 g/mol. The van der Waals surface area contributed by atoms with Crippen molar-refractivity contribution in [3.63, 3.8) is 0 Å². The van der Waals surface area contributed by atoms with Gasteiger partial charge in [-0.3, -0.25) is 0 Å². The summed E-state index contributed by atoms with van der Waals surface area (Å²) in [5, 5.41) is 3.16. The summed E-state index contributed by atoms with van der Waals surface area (Å²) in [5.74, 6) is 0.959. The maximum absolute atomic E-state index is 5.51. The van der Waals surface area contributed by atoms with Gasteiger partial charge in [-0.15, -0.1) is 11.8 Å². The molecule has 0 saturated carbocycles. The standard InChI is InChI=1S/C15H25NO3S/c1-16-13-14-4-3-5-15(12-14)20-11-10-19-9-8-18-7-6-17-2/h3-5,12,16H,6-11,13H2,1-2H3. The summed E-state index contributed by atoms with van der Waals surface area (Å²) in [7, 11) is 3.63. The molecule has 0 spiro atoms. The molecule has 0 aliphatic carbocycles. The summed E-state index contributed by atoms with van der Waals surface area (Å²) in [6.45, 7) is 4.19. The molecule has 0 aromatic heterocycles. The third kappa shape index (κ3) is 8.55. The Balaban J connectivity index is 2.02. The van der Waals surface area contributed by atoms with E-state index in [1.54, 1.807) is 7.11 Å². The first-order chi connectivity index (χ1) is 9.86. The van der Waals surface area contributed by atoms with Crippen molar-refractivity contribution in [3.05, 3.63) is 29.8 Å². The van der Waals surface area contributed by atoms with E-state index in [2.05, 4.69) is 29.6 Å². The van der Waals surface area contributed by atoms with Crippen molar-refractivity contribution >= 4 is 11.8 Å². The second-order valence-electron chi connectivity index (χ2n) is 4.24. The average molecular weight is 299 g/mol. The maximum atomic E-state index is 5.51. The van der Waals surface area contributed by atoms with Gasteiger partial charge in [0.15, 0.2) is 0 Å². The largest absolute Gasteiger partial charge is 0.382 e. The zero-order chi connectivity index (χ0) is 14.5. The van der Waals surface area contributed by atoms with E-state index in [1.807, 2.05) is 18.8 Å². The molecule has 114 valence electrons. The van der Waals surface area contributed by atoms with E-state index in [1.165, 1.54) is 10.5 Å². The minimum absolute atomic E-state index is 0.631. The number of hydrogen-bond acceptors (Lipinski definition) is 5. The second-order valence-corrected chi connectivity index (χ2v) is 5.41. The van der Waals surface area contributed by atoms with Gasteiger partial charge >= 0.3 is 0 Å². The molecule has 20 heavy (non-hydrogen) atoms. The minimum atomic E-state index is 0.631. The van der Waals surface area contributed by atoms with Crippen molar-refractivity contribution in [2.45, 2.75) is 11.4 Å². The fourth-order valence-electron chi connectivity index (χ4n) is 1.63. The number of rotatable bonds is 12. The predicted molar refractivity (Wildman–Crippen MR) is 83.4 cm³/mol. The van der Waals surface area contributed by atoms with Crippen LogP contribution in [-0.4, -0.2) is 52.9 Å². The Labute approximate surface area is 126 Å². The molecule has 1 aromatic carbocycles. The monoisotopic (exact) mass is 299 g/mol. The summed E-state index contributed by atoms with van der Waals surface area (Å²) < 4.78 is 15.7. The fraction of sp³-hybridized carbons (Fsp3) is 0.600. The van der Waals surface area contributed by atoms with Crippen molar-refractivity contribution in [1.82, 2.24) is 5.32 Å².